The molecule has 1 spiro atoms. The first kappa shape index (κ1) is 12.6. The van der Waals surface area contributed by atoms with Crippen molar-refractivity contribution in [3.63, 3.8) is 0 Å². The van der Waals surface area contributed by atoms with Crippen molar-refractivity contribution >= 4 is 5.78 Å². The number of aryl methyl sites for hydroxylation is 1. The first-order valence-corrected chi connectivity index (χ1v) is 7.42. The Morgan fingerprint density at radius 3 is 2.80 bits per heavy atom. The van der Waals surface area contributed by atoms with E-state index in [4.69, 9.17) is 13.9 Å². The summed E-state index contributed by atoms with van der Waals surface area (Å²) in [6.45, 7) is 5.54. The third kappa shape index (κ3) is 1.41. The molecule has 0 radical (unpaired) electrons. The van der Waals surface area contributed by atoms with Crippen LogP contribution in [0, 0.1) is 12.3 Å². The largest absolute Gasteiger partial charge is 0.468 e. The maximum Gasteiger partial charge on any atom is 0.178 e. The summed E-state index contributed by atoms with van der Waals surface area (Å²) in [6.07, 6.45) is 4.53. The van der Waals surface area contributed by atoms with E-state index in [1.165, 1.54) is 5.56 Å². The Labute approximate surface area is 118 Å². The molecular weight excluding hydrogens is 256 g/mol. The second kappa shape index (κ2) is 3.95. The van der Waals surface area contributed by atoms with Gasteiger partial charge in [-0.05, 0) is 18.9 Å². The molecule has 2 atom stereocenters. The van der Waals surface area contributed by atoms with Gasteiger partial charge in [-0.2, -0.15) is 0 Å². The molecule has 1 saturated heterocycles. The smallest absolute Gasteiger partial charge is 0.178 e. The molecule has 108 valence electrons. The Hall–Kier alpha value is -1.13. The molecule has 2 aliphatic carbocycles. The second-order valence-electron chi connectivity index (χ2n) is 6.60. The quantitative estimate of drug-likeness (QED) is 0.731. The molecule has 0 bridgehead atoms. The highest BCUT2D eigenvalue weighted by molar-refractivity contribution is 5.80. The fraction of sp³-hybridized carbons (Fsp3) is 0.688. The van der Waals surface area contributed by atoms with Crippen LogP contribution < -0.4 is 0 Å². The third-order valence-corrected chi connectivity index (χ3v) is 5.61. The highest BCUT2D eigenvalue weighted by Gasteiger charge is 2.62. The van der Waals surface area contributed by atoms with Crippen molar-refractivity contribution in [2.45, 2.75) is 51.2 Å². The molecule has 1 aromatic rings. The van der Waals surface area contributed by atoms with Crippen molar-refractivity contribution in [3.8, 4) is 0 Å². The molecule has 2 fully saturated rings. The summed E-state index contributed by atoms with van der Waals surface area (Å²) in [6, 6.07) is 0. The van der Waals surface area contributed by atoms with Crippen molar-refractivity contribution in [2.75, 3.05) is 13.2 Å². The van der Waals surface area contributed by atoms with Crippen LogP contribution in [0.5, 0.6) is 0 Å². The van der Waals surface area contributed by atoms with E-state index in [0.717, 1.165) is 24.2 Å². The van der Waals surface area contributed by atoms with Gasteiger partial charge in [-0.3, -0.25) is 4.79 Å². The normalized spacial score (nSPS) is 35.1. The van der Waals surface area contributed by atoms with Gasteiger partial charge in [0.25, 0.3) is 0 Å². The van der Waals surface area contributed by atoms with Gasteiger partial charge in [-0.15, -0.1) is 0 Å². The fourth-order valence-corrected chi connectivity index (χ4v) is 4.29. The standard InChI is InChI=1S/C16H20O4/c1-10-9-18-14-12(10)8-16(19-5-6-20-16)15(2)4-3-11(17)7-13(14)15/h9,13H,3-8H2,1-2H3/t13-,15+/m0/s1. The number of furan rings is 1. The monoisotopic (exact) mass is 276 g/mol. The molecule has 20 heavy (non-hydrogen) atoms. The molecule has 1 saturated carbocycles. The zero-order valence-electron chi connectivity index (χ0n) is 12.0. The maximum absolute atomic E-state index is 12.0. The molecule has 0 aromatic carbocycles. The van der Waals surface area contributed by atoms with Crippen LogP contribution in [0.3, 0.4) is 0 Å². The lowest BCUT2D eigenvalue weighted by molar-refractivity contribution is -0.252. The van der Waals surface area contributed by atoms with Crippen LogP contribution >= 0.6 is 0 Å². The van der Waals surface area contributed by atoms with E-state index in [1.807, 2.05) is 0 Å². The van der Waals surface area contributed by atoms with Crippen molar-refractivity contribution < 1.29 is 18.7 Å². The summed E-state index contributed by atoms with van der Waals surface area (Å²) in [5.74, 6) is 0.824. The molecular formula is C16H20O4. The van der Waals surface area contributed by atoms with Gasteiger partial charge in [0.05, 0.1) is 19.5 Å². The van der Waals surface area contributed by atoms with Crippen LogP contribution in [-0.2, 0) is 20.7 Å². The van der Waals surface area contributed by atoms with Crippen LogP contribution in [0.4, 0.5) is 0 Å². The van der Waals surface area contributed by atoms with Gasteiger partial charge in [0, 0.05) is 36.2 Å². The number of carbonyl (C=O) groups is 1. The van der Waals surface area contributed by atoms with Crippen molar-refractivity contribution in [2.24, 2.45) is 5.41 Å². The van der Waals surface area contributed by atoms with Crippen molar-refractivity contribution in [1.29, 1.82) is 0 Å². The molecule has 1 aliphatic heterocycles. The summed E-state index contributed by atoms with van der Waals surface area (Å²) in [4.78, 5) is 12.0. The SMILES string of the molecule is Cc1coc2c1CC1(OCCO1)[C@]1(C)CCC(=O)C[C@@H]21. The Kier molecular flexibility index (Phi) is 2.49. The number of carbonyl (C=O) groups excluding carboxylic acids is 1. The summed E-state index contributed by atoms with van der Waals surface area (Å²) >= 11 is 0. The van der Waals surface area contributed by atoms with E-state index in [9.17, 15) is 4.79 Å². The van der Waals surface area contributed by atoms with Crippen LogP contribution in [0.2, 0.25) is 0 Å². The van der Waals surface area contributed by atoms with Crippen LogP contribution in [0.1, 0.15) is 49.0 Å². The molecule has 0 amide bonds. The minimum Gasteiger partial charge on any atom is -0.468 e. The van der Waals surface area contributed by atoms with E-state index in [2.05, 4.69) is 13.8 Å². The summed E-state index contributed by atoms with van der Waals surface area (Å²) < 4.78 is 18.0. The molecule has 4 rings (SSSR count). The van der Waals surface area contributed by atoms with Gasteiger partial charge in [0.1, 0.15) is 11.5 Å². The highest BCUT2D eigenvalue weighted by Crippen LogP contribution is 2.60. The van der Waals surface area contributed by atoms with Gasteiger partial charge in [-0.1, -0.05) is 6.92 Å². The van der Waals surface area contributed by atoms with Gasteiger partial charge in [0.2, 0.25) is 0 Å². The van der Waals surface area contributed by atoms with Gasteiger partial charge in [-0.25, -0.2) is 0 Å². The number of rotatable bonds is 0. The van der Waals surface area contributed by atoms with E-state index in [-0.39, 0.29) is 11.3 Å². The molecule has 0 unspecified atom stereocenters. The van der Waals surface area contributed by atoms with E-state index in [0.29, 0.717) is 31.8 Å². The topological polar surface area (TPSA) is 48.7 Å². The Balaban J connectivity index is 1.89. The van der Waals surface area contributed by atoms with Crippen LogP contribution in [0.25, 0.3) is 0 Å². The molecule has 4 nitrogen and oxygen atoms in total. The van der Waals surface area contributed by atoms with Crippen LogP contribution in [-0.4, -0.2) is 24.8 Å². The Morgan fingerprint density at radius 2 is 2.05 bits per heavy atom. The van der Waals surface area contributed by atoms with E-state index >= 15 is 0 Å². The Morgan fingerprint density at radius 1 is 1.30 bits per heavy atom. The zero-order chi connectivity index (χ0) is 14.0. The maximum atomic E-state index is 12.0. The van der Waals surface area contributed by atoms with Gasteiger partial charge < -0.3 is 13.9 Å². The number of hydrogen-bond donors (Lipinski definition) is 0. The average molecular weight is 276 g/mol. The average Bonchev–Trinajstić information content (AvgIpc) is 3.02. The number of Topliss-reactive ketones (excluding diaryl/α,β-unsaturated/α-hetero) is 1. The van der Waals surface area contributed by atoms with Crippen molar-refractivity contribution in [1.82, 2.24) is 0 Å². The summed E-state index contributed by atoms with van der Waals surface area (Å²) in [5, 5.41) is 0. The van der Waals surface area contributed by atoms with Crippen LogP contribution in [0.15, 0.2) is 10.7 Å². The molecule has 2 heterocycles. The second-order valence-corrected chi connectivity index (χ2v) is 6.60. The summed E-state index contributed by atoms with van der Waals surface area (Å²) in [7, 11) is 0. The summed E-state index contributed by atoms with van der Waals surface area (Å²) in [5.41, 5.74) is 2.15. The first-order valence-electron chi connectivity index (χ1n) is 7.42. The van der Waals surface area contributed by atoms with E-state index in [1.54, 1.807) is 6.26 Å². The minimum absolute atomic E-state index is 0.0827. The van der Waals surface area contributed by atoms with Gasteiger partial charge in [0.15, 0.2) is 5.79 Å². The number of ketones is 1. The lowest BCUT2D eigenvalue weighted by Crippen LogP contribution is -2.57. The number of hydrogen-bond acceptors (Lipinski definition) is 4. The zero-order valence-corrected chi connectivity index (χ0v) is 12.0. The molecule has 4 heteroatoms. The molecule has 1 aromatic heterocycles. The molecule has 0 N–H and O–H groups in total. The number of fused-ring (bicyclic) bond motifs is 4. The molecule has 3 aliphatic rings. The lowest BCUT2D eigenvalue weighted by atomic mass is 9.57. The van der Waals surface area contributed by atoms with Crippen molar-refractivity contribution in [3.05, 3.63) is 23.2 Å². The lowest BCUT2D eigenvalue weighted by Gasteiger charge is -2.53. The van der Waals surface area contributed by atoms with Gasteiger partial charge >= 0.3 is 0 Å². The first-order chi connectivity index (χ1) is 9.56. The highest BCUT2D eigenvalue weighted by atomic mass is 16.7. The Bertz CT molecular complexity index is 567. The number of ether oxygens (including phenoxy) is 2. The van der Waals surface area contributed by atoms with E-state index < -0.39 is 5.79 Å². The predicted octanol–water partition coefficient (Wildman–Crippen LogP) is 2.73. The minimum atomic E-state index is -0.569. The fourth-order valence-electron chi connectivity index (χ4n) is 4.29. The third-order valence-electron chi connectivity index (χ3n) is 5.61. The predicted molar refractivity (Wildman–Crippen MR) is 71.5 cm³/mol.